The monoisotopic (exact) mass is 643 g/mol. The van der Waals surface area contributed by atoms with E-state index in [-0.39, 0.29) is 6.17 Å². The van der Waals surface area contributed by atoms with E-state index >= 15 is 0 Å². The van der Waals surface area contributed by atoms with Crippen molar-refractivity contribution in [2.24, 2.45) is 9.98 Å². The van der Waals surface area contributed by atoms with Gasteiger partial charge in [-0.05, 0) is 46.5 Å². The fraction of sp³-hybridized carbons (Fsp3) is 0.0222. The van der Waals surface area contributed by atoms with Gasteiger partial charge in [0.1, 0.15) is 34.3 Å². The Labute approximate surface area is 287 Å². The van der Waals surface area contributed by atoms with Gasteiger partial charge < -0.3 is 14.2 Å². The van der Waals surface area contributed by atoms with Crippen molar-refractivity contribution in [2.75, 3.05) is 0 Å². The van der Waals surface area contributed by atoms with Gasteiger partial charge in [-0.1, -0.05) is 140 Å². The lowest BCUT2D eigenvalue weighted by molar-refractivity contribution is 0.667. The minimum atomic E-state index is -0.308. The summed E-state index contributed by atoms with van der Waals surface area (Å²) < 4.78 is 12.9. The summed E-state index contributed by atoms with van der Waals surface area (Å²) >= 11 is 0. The van der Waals surface area contributed by atoms with Crippen LogP contribution in [0, 0.1) is 0 Å². The summed E-state index contributed by atoms with van der Waals surface area (Å²) in [5, 5.41) is 7.90. The van der Waals surface area contributed by atoms with Gasteiger partial charge in [0, 0.05) is 38.2 Å². The number of hydrogen-bond donors (Lipinski definition) is 1. The summed E-state index contributed by atoms with van der Waals surface area (Å²) in [4.78, 5) is 10.3. The Morgan fingerprint density at radius 1 is 0.460 bits per heavy atom. The van der Waals surface area contributed by atoms with Crippen LogP contribution in [0.25, 0.3) is 66.1 Å². The van der Waals surface area contributed by atoms with Gasteiger partial charge in [-0.15, -0.1) is 0 Å². The number of fused-ring (bicyclic) bond motifs is 6. The molecule has 9 aromatic rings. The highest BCUT2D eigenvalue weighted by Crippen LogP contribution is 2.39. The van der Waals surface area contributed by atoms with Gasteiger partial charge in [-0.2, -0.15) is 0 Å². The van der Waals surface area contributed by atoms with Crippen LogP contribution in [0.3, 0.4) is 0 Å². The molecule has 0 spiro atoms. The molecule has 236 valence electrons. The number of amidine groups is 2. The molecule has 5 nitrogen and oxygen atoms in total. The van der Waals surface area contributed by atoms with E-state index in [4.69, 9.17) is 18.8 Å². The summed E-state index contributed by atoms with van der Waals surface area (Å²) in [5.41, 5.74) is 10.7. The Bertz CT molecular complexity index is 2770. The Balaban J connectivity index is 1.09. The maximum Gasteiger partial charge on any atom is 0.159 e. The summed E-state index contributed by atoms with van der Waals surface area (Å²) in [6, 6.07) is 56.2. The maximum atomic E-state index is 6.55. The lowest BCUT2D eigenvalue weighted by Gasteiger charge is -2.24. The predicted molar refractivity (Wildman–Crippen MR) is 204 cm³/mol. The van der Waals surface area contributed by atoms with Crippen molar-refractivity contribution in [3.63, 3.8) is 0 Å². The molecule has 0 fully saturated rings. The zero-order chi connectivity index (χ0) is 33.0. The zero-order valence-corrected chi connectivity index (χ0v) is 26.9. The van der Waals surface area contributed by atoms with Crippen molar-refractivity contribution >= 4 is 55.5 Å². The molecular weight excluding hydrogens is 615 g/mol. The molecule has 0 aliphatic carbocycles. The van der Waals surface area contributed by atoms with E-state index in [1.165, 1.54) is 5.56 Å². The SMILES string of the molecule is c1ccc(-c2ccc(C3=NC(c4ccccc4)NC(c4cccc5oc6cc(-c7cccc8c7oc7ccccc78)ccc6c45)=N3)cc2)cc1. The van der Waals surface area contributed by atoms with Crippen molar-refractivity contribution in [2.45, 2.75) is 6.17 Å². The number of para-hydroxylation sites is 2. The minimum Gasteiger partial charge on any atom is -0.456 e. The molecule has 0 amide bonds. The summed E-state index contributed by atoms with van der Waals surface area (Å²) in [6.07, 6.45) is -0.308. The second kappa shape index (κ2) is 11.5. The molecule has 1 unspecified atom stereocenters. The molecular formula is C45H29N3O2. The van der Waals surface area contributed by atoms with Gasteiger partial charge in [0.05, 0.1) is 0 Å². The average Bonchev–Trinajstić information content (AvgIpc) is 3.77. The number of aliphatic imine (C=N–C) groups is 2. The van der Waals surface area contributed by atoms with E-state index < -0.39 is 0 Å². The van der Waals surface area contributed by atoms with Gasteiger partial charge in [-0.3, -0.25) is 0 Å². The van der Waals surface area contributed by atoms with Crippen LogP contribution in [-0.4, -0.2) is 11.7 Å². The molecule has 0 bridgehead atoms. The van der Waals surface area contributed by atoms with Crippen LogP contribution < -0.4 is 5.32 Å². The Hall–Kier alpha value is -6.72. The zero-order valence-electron chi connectivity index (χ0n) is 26.9. The van der Waals surface area contributed by atoms with Gasteiger partial charge >= 0.3 is 0 Å². The number of rotatable bonds is 5. The third-order valence-corrected chi connectivity index (χ3v) is 9.58. The third kappa shape index (κ3) is 4.71. The van der Waals surface area contributed by atoms with E-state index in [1.54, 1.807) is 0 Å². The molecule has 5 heteroatoms. The smallest absolute Gasteiger partial charge is 0.159 e. The fourth-order valence-corrected chi connectivity index (χ4v) is 7.13. The van der Waals surface area contributed by atoms with E-state index in [2.05, 4.69) is 115 Å². The van der Waals surface area contributed by atoms with Crippen molar-refractivity contribution in [3.05, 3.63) is 180 Å². The molecule has 1 atom stereocenters. The van der Waals surface area contributed by atoms with Crippen molar-refractivity contribution in [1.29, 1.82) is 0 Å². The molecule has 1 aliphatic rings. The number of hydrogen-bond acceptors (Lipinski definition) is 5. The van der Waals surface area contributed by atoms with E-state index in [9.17, 15) is 0 Å². The number of furan rings is 2. The van der Waals surface area contributed by atoms with Gasteiger partial charge in [0.2, 0.25) is 0 Å². The molecule has 7 aromatic carbocycles. The Morgan fingerprint density at radius 2 is 1.12 bits per heavy atom. The Kier molecular flexibility index (Phi) is 6.49. The number of benzene rings is 7. The standard InChI is InChI=1S/C45H29N3O2/c1-3-11-28(12-4-1)29-21-23-31(24-22-29)44-46-43(30-13-5-2-6-14-30)47-45(48-44)37-18-10-20-39-41(37)36-26-25-32(27-40(36)49-39)33-16-9-17-35-34-15-7-8-19-38(34)50-42(33)35/h1-27,43H,(H,46,47,48). The second-order valence-corrected chi connectivity index (χ2v) is 12.6. The largest absolute Gasteiger partial charge is 0.456 e. The van der Waals surface area contributed by atoms with Crippen molar-refractivity contribution in [3.8, 4) is 22.3 Å². The highest BCUT2D eigenvalue weighted by Gasteiger charge is 2.24. The van der Waals surface area contributed by atoms with Crippen LogP contribution in [0.4, 0.5) is 0 Å². The molecule has 0 saturated carbocycles. The van der Waals surface area contributed by atoms with Crippen molar-refractivity contribution < 1.29 is 8.83 Å². The van der Waals surface area contributed by atoms with Crippen LogP contribution in [0.15, 0.2) is 183 Å². The number of nitrogens with zero attached hydrogens (tertiary/aromatic N) is 2. The molecule has 1 N–H and O–H groups in total. The van der Waals surface area contributed by atoms with E-state index in [0.29, 0.717) is 5.84 Å². The topological polar surface area (TPSA) is 63.0 Å². The first-order valence-corrected chi connectivity index (χ1v) is 16.8. The van der Waals surface area contributed by atoms with Crippen LogP contribution >= 0.6 is 0 Å². The van der Waals surface area contributed by atoms with Crippen LogP contribution in [0.2, 0.25) is 0 Å². The summed E-state index contributed by atoms with van der Waals surface area (Å²) in [6.45, 7) is 0. The summed E-state index contributed by atoms with van der Waals surface area (Å²) in [5.74, 6) is 1.43. The first kappa shape index (κ1) is 28.3. The predicted octanol–water partition coefficient (Wildman–Crippen LogP) is 11.3. The highest BCUT2D eigenvalue weighted by molar-refractivity contribution is 6.22. The molecule has 2 aromatic heterocycles. The quantitative estimate of drug-likeness (QED) is 0.203. The highest BCUT2D eigenvalue weighted by atomic mass is 16.3. The van der Waals surface area contributed by atoms with Gasteiger partial charge in [0.25, 0.3) is 0 Å². The average molecular weight is 644 g/mol. The van der Waals surface area contributed by atoms with Gasteiger partial charge in [-0.25, -0.2) is 9.98 Å². The summed E-state index contributed by atoms with van der Waals surface area (Å²) in [7, 11) is 0. The lowest BCUT2D eigenvalue weighted by atomic mass is 9.99. The Morgan fingerprint density at radius 3 is 1.98 bits per heavy atom. The van der Waals surface area contributed by atoms with Crippen molar-refractivity contribution in [1.82, 2.24) is 5.32 Å². The maximum absolute atomic E-state index is 6.55. The number of nitrogens with one attached hydrogen (secondary N) is 1. The van der Waals surface area contributed by atoms with E-state index in [1.807, 2.05) is 54.6 Å². The molecule has 0 radical (unpaired) electrons. The molecule has 10 rings (SSSR count). The van der Waals surface area contributed by atoms with E-state index in [0.717, 1.165) is 83.1 Å². The first-order chi connectivity index (χ1) is 24.8. The van der Waals surface area contributed by atoms with Crippen LogP contribution in [0.1, 0.15) is 22.9 Å². The normalized spacial score (nSPS) is 14.6. The molecule has 1 aliphatic heterocycles. The molecule has 0 saturated heterocycles. The minimum absolute atomic E-state index is 0.308. The molecule has 3 heterocycles. The van der Waals surface area contributed by atoms with Crippen LogP contribution in [0.5, 0.6) is 0 Å². The lowest BCUT2D eigenvalue weighted by Crippen LogP contribution is -2.33. The fourth-order valence-electron chi connectivity index (χ4n) is 7.13. The first-order valence-electron chi connectivity index (χ1n) is 16.8. The second-order valence-electron chi connectivity index (χ2n) is 12.6. The van der Waals surface area contributed by atoms with Crippen LogP contribution in [-0.2, 0) is 0 Å². The molecule has 50 heavy (non-hydrogen) atoms. The van der Waals surface area contributed by atoms with Gasteiger partial charge in [0.15, 0.2) is 5.84 Å². The third-order valence-electron chi connectivity index (χ3n) is 9.58.